The number of nitrogens with one attached hydrogen (secondary N) is 2. The van der Waals surface area contributed by atoms with Crippen LogP contribution in [0.2, 0.25) is 0 Å². The SMILES string of the molecule is CCNC(=NCCOCC(C)C)NCCc1ccccn1.I. The molecule has 1 heterocycles. The minimum atomic E-state index is 0. The van der Waals surface area contributed by atoms with Gasteiger partial charge in [0.05, 0.1) is 13.2 Å². The third-order valence-corrected chi connectivity index (χ3v) is 2.70. The van der Waals surface area contributed by atoms with E-state index in [1.807, 2.05) is 24.4 Å². The van der Waals surface area contributed by atoms with E-state index in [2.05, 4.69) is 41.4 Å². The van der Waals surface area contributed by atoms with Crippen LogP contribution in [0.15, 0.2) is 29.4 Å². The fraction of sp³-hybridized carbons (Fsp3) is 0.625. The first-order valence-electron chi connectivity index (χ1n) is 7.72. The molecule has 1 rings (SSSR count). The average Bonchev–Trinajstić information content (AvgIpc) is 2.47. The van der Waals surface area contributed by atoms with E-state index in [0.717, 1.165) is 37.8 Å². The Morgan fingerprint density at radius 3 is 2.77 bits per heavy atom. The van der Waals surface area contributed by atoms with E-state index in [-0.39, 0.29) is 24.0 Å². The van der Waals surface area contributed by atoms with Crippen molar-refractivity contribution in [3.05, 3.63) is 30.1 Å². The lowest BCUT2D eigenvalue weighted by Crippen LogP contribution is -2.38. The Bertz CT molecular complexity index is 398. The molecule has 1 aromatic rings. The van der Waals surface area contributed by atoms with Gasteiger partial charge in [-0.2, -0.15) is 0 Å². The van der Waals surface area contributed by atoms with Crippen molar-refractivity contribution in [2.75, 3.05) is 32.8 Å². The van der Waals surface area contributed by atoms with Gasteiger partial charge in [-0.05, 0) is 25.0 Å². The number of aromatic nitrogens is 1. The second kappa shape index (κ2) is 13.8. The van der Waals surface area contributed by atoms with Crippen LogP contribution in [0.3, 0.4) is 0 Å². The van der Waals surface area contributed by atoms with E-state index < -0.39 is 0 Å². The van der Waals surface area contributed by atoms with Gasteiger partial charge >= 0.3 is 0 Å². The summed E-state index contributed by atoms with van der Waals surface area (Å²) in [5.74, 6) is 1.40. The quantitative estimate of drug-likeness (QED) is 0.279. The summed E-state index contributed by atoms with van der Waals surface area (Å²) in [6.07, 6.45) is 2.70. The van der Waals surface area contributed by atoms with Gasteiger partial charge in [0.1, 0.15) is 0 Å². The van der Waals surface area contributed by atoms with Crippen LogP contribution in [0.1, 0.15) is 26.5 Å². The normalized spacial score (nSPS) is 11.2. The monoisotopic (exact) mass is 420 g/mol. The Morgan fingerprint density at radius 2 is 2.14 bits per heavy atom. The van der Waals surface area contributed by atoms with E-state index in [0.29, 0.717) is 19.1 Å². The third-order valence-electron chi connectivity index (χ3n) is 2.70. The average molecular weight is 420 g/mol. The number of pyridine rings is 1. The summed E-state index contributed by atoms with van der Waals surface area (Å²) >= 11 is 0. The molecule has 0 amide bonds. The van der Waals surface area contributed by atoms with Crippen LogP contribution < -0.4 is 10.6 Å². The van der Waals surface area contributed by atoms with Gasteiger partial charge in [0, 0.05) is 38.0 Å². The van der Waals surface area contributed by atoms with E-state index in [4.69, 9.17) is 4.74 Å². The maximum absolute atomic E-state index is 5.52. The molecule has 0 atom stereocenters. The first-order chi connectivity index (χ1) is 10.2. The van der Waals surface area contributed by atoms with Crippen molar-refractivity contribution in [1.82, 2.24) is 15.6 Å². The molecule has 0 radical (unpaired) electrons. The number of hydrogen-bond donors (Lipinski definition) is 2. The van der Waals surface area contributed by atoms with Gasteiger partial charge < -0.3 is 15.4 Å². The second-order valence-electron chi connectivity index (χ2n) is 5.23. The number of guanidine groups is 1. The second-order valence-corrected chi connectivity index (χ2v) is 5.23. The lowest BCUT2D eigenvalue weighted by molar-refractivity contribution is 0.117. The molecule has 0 saturated carbocycles. The van der Waals surface area contributed by atoms with Crippen LogP contribution in [0.4, 0.5) is 0 Å². The molecule has 0 fully saturated rings. The van der Waals surface area contributed by atoms with Crippen molar-refractivity contribution in [2.45, 2.75) is 27.2 Å². The molecule has 126 valence electrons. The molecule has 0 unspecified atom stereocenters. The number of aliphatic imine (C=N–C) groups is 1. The molecule has 0 saturated heterocycles. The van der Waals surface area contributed by atoms with Crippen molar-refractivity contribution in [2.24, 2.45) is 10.9 Å². The highest BCUT2D eigenvalue weighted by atomic mass is 127. The summed E-state index contributed by atoms with van der Waals surface area (Å²) in [5.41, 5.74) is 1.08. The maximum atomic E-state index is 5.52. The molecular weight excluding hydrogens is 391 g/mol. The van der Waals surface area contributed by atoms with E-state index in [9.17, 15) is 0 Å². The van der Waals surface area contributed by atoms with Gasteiger partial charge in [-0.15, -0.1) is 24.0 Å². The fourth-order valence-electron chi connectivity index (χ4n) is 1.74. The molecule has 22 heavy (non-hydrogen) atoms. The molecule has 1 aromatic heterocycles. The fourth-order valence-corrected chi connectivity index (χ4v) is 1.74. The van der Waals surface area contributed by atoms with E-state index in [1.165, 1.54) is 0 Å². The lowest BCUT2D eigenvalue weighted by Gasteiger charge is -2.11. The molecule has 0 aromatic carbocycles. The topological polar surface area (TPSA) is 58.5 Å². The summed E-state index contributed by atoms with van der Waals surface area (Å²) in [7, 11) is 0. The molecule has 0 spiro atoms. The van der Waals surface area contributed by atoms with Crippen molar-refractivity contribution >= 4 is 29.9 Å². The molecular formula is C16H29IN4O. The van der Waals surface area contributed by atoms with Gasteiger partial charge in [-0.25, -0.2) is 0 Å². The van der Waals surface area contributed by atoms with E-state index in [1.54, 1.807) is 0 Å². The lowest BCUT2D eigenvalue weighted by atomic mass is 10.2. The van der Waals surface area contributed by atoms with Gasteiger partial charge in [0.15, 0.2) is 5.96 Å². The van der Waals surface area contributed by atoms with Crippen molar-refractivity contribution < 1.29 is 4.74 Å². The molecule has 0 aliphatic carbocycles. The van der Waals surface area contributed by atoms with Crippen molar-refractivity contribution in [1.29, 1.82) is 0 Å². The summed E-state index contributed by atoms with van der Waals surface area (Å²) < 4.78 is 5.52. The molecule has 2 N–H and O–H groups in total. The first-order valence-corrected chi connectivity index (χ1v) is 7.72. The van der Waals surface area contributed by atoms with Crippen LogP contribution in [0.5, 0.6) is 0 Å². The van der Waals surface area contributed by atoms with Crippen LogP contribution >= 0.6 is 24.0 Å². The highest BCUT2D eigenvalue weighted by molar-refractivity contribution is 14.0. The van der Waals surface area contributed by atoms with Crippen LogP contribution in [0.25, 0.3) is 0 Å². The van der Waals surface area contributed by atoms with Crippen molar-refractivity contribution in [3.63, 3.8) is 0 Å². The molecule has 0 aliphatic heterocycles. The third kappa shape index (κ3) is 10.8. The summed E-state index contributed by atoms with van der Waals surface area (Å²) in [6.45, 7) is 10.1. The highest BCUT2D eigenvalue weighted by Crippen LogP contribution is 1.93. The largest absolute Gasteiger partial charge is 0.379 e. The van der Waals surface area contributed by atoms with Crippen LogP contribution in [-0.2, 0) is 11.2 Å². The Labute approximate surface area is 151 Å². The number of halogens is 1. The zero-order valence-electron chi connectivity index (χ0n) is 13.8. The summed E-state index contributed by atoms with van der Waals surface area (Å²) in [5, 5.41) is 6.54. The highest BCUT2D eigenvalue weighted by Gasteiger charge is 1.98. The molecule has 6 heteroatoms. The number of nitrogens with zero attached hydrogens (tertiary/aromatic N) is 2. The van der Waals surface area contributed by atoms with Gasteiger partial charge in [0.25, 0.3) is 0 Å². The smallest absolute Gasteiger partial charge is 0.191 e. The van der Waals surface area contributed by atoms with Crippen LogP contribution in [-0.4, -0.2) is 43.8 Å². The Morgan fingerprint density at radius 1 is 1.32 bits per heavy atom. The Kier molecular flexibility index (Phi) is 13.2. The predicted molar refractivity (Wildman–Crippen MR) is 103 cm³/mol. The van der Waals surface area contributed by atoms with Gasteiger partial charge in [-0.3, -0.25) is 9.98 Å². The summed E-state index contributed by atoms with van der Waals surface area (Å²) in [6, 6.07) is 5.97. The standard InChI is InChI=1S/C16H28N4O.HI/c1-4-17-16(20-11-12-21-13-14(2)3)19-10-8-15-7-5-6-9-18-15;/h5-7,9,14H,4,8,10-13H2,1-3H3,(H2,17,19,20);1H. The zero-order valence-corrected chi connectivity index (χ0v) is 16.2. The maximum Gasteiger partial charge on any atom is 0.191 e. The van der Waals surface area contributed by atoms with Gasteiger partial charge in [0.2, 0.25) is 0 Å². The number of rotatable bonds is 9. The molecule has 5 nitrogen and oxygen atoms in total. The molecule has 0 aliphatic rings. The number of ether oxygens (including phenoxy) is 1. The van der Waals surface area contributed by atoms with Crippen molar-refractivity contribution in [3.8, 4) is 0 Å². The minimum Gasteiger partial charge on any atom is -0.379 e. The molecule has 0 bridgehead atoms. The Hall–Kier alpha value is -0.890. The minimum absolute atomic E-state index is 0. The summed E-state index contributed by atoms with van der Waals surface area (Å²) in [4.78, 5) is 8.79. The zero-order chi connectivity index (χ0) is 15.3. The van der Waals surface area contributed by atoms with Gasteiger partial charge in [-0.1, -0.05) is 19.9 Å². The predicted octanol–water partition coefficient (Wildman–Crippen LogP) is 2.47. The van der Waals surface area contributed by atoms with E-state index >= 15 is 0 Å². The Balaban J connectivity index is 0.00000441. The van der Waals surface area contributed by atoms with Crippen LogP contribution in [0, 0.1) is 5.92 Å². The first kappa shape index (κ1) is 21.1. The number of hydrogen-bond acceptors (Lipinski definition) is 3.